The van der Waals surface area contributed by atoms with E-state index in [0.717, 1.165) is 19.3 Å². The predicted molar refractivity (Wildman–Crippen MR) is 134 cm³/mol. The minimum Gasteiger partial charge on any atom is -0.447 e. The van der Waals surface area contributed by atoms with E-state index in [0.29, 0.717) is 39.6 Å². The van der Waals surface area contributed by atoms with Crippen molar-refractivity contribution in [3.8, 4) is 0 Å². The Labute approximate surface area is 212 Å². The molecule has 6 rings (SSSR count). The molecule has 4 bridgehead atoms. The zero-order chi connectivity index (χ0) is 23.2. The van der Waals surface area contributed by atoms with Gasteiger partial charge in [-0.05, 0) is 74.0 Å². The highest BCUT2D eigenvalue weighted by Crippen LogP contribution is 2.65. The Morgan fingerprint density at radius 1 is 1.03 bits per heavy atom. The van der Waals surface area contributed by atoms with Crippen LogP contribution in [0.15, 0.2) is 48.5 Å². The fraction of sp³-hybridized carbons (Fsp3) is 0.462. The summed E-state index contributed by atoms with van der Waals surface area (Å²) in [6.45, 7) is 0. The molecule has 1 N–H and O–H groups in total. The van der Waals surface area contributed by atoms with Gasteiger partial charge in [-0.2, -0.15) is 0 Å². The van der Waals surface area contributed by atoms with Crippen LogP contribution in [0.3, 0.4) is 0 Å². The summed E-state index contributed by atoms with van der Waals surface area (Å²) in [5, 5.41) is 3.63. The molecular weight excluding hydrogens is 525 g/mol. The Morgan fingerprint density at radius 2 is 1.67 bits per heavy atom. The number of carbonyl (C=O) groups excluding carboxylic acids is 2. The summed E-state index contributed by atoms with van der Waals surface area (Å²) < 4.78 is 6.04. The first kappa shape index (κ1) is 23.2. The van der Waals surface area contributed by atoms with Gasteiger partial charge in [0.1, 0.15) is 0 Å². The molecule has 4 saturated carbocycles. The largest absolute Gasteiger partial charge is 0.447 e. The SMILES string of the molecule is O=C(CC12C[C@@H]3C[C@@H](CC(Br)(C3)C1)C2)O[C@@H](C(=O)Nc1cc(Cl)cc(Cl)c1)c1ccccc1. The fourth-order valence-corrected chi connectivity index (χ4v) is 8.79. The van der Waals surface area contributed by atoms with Gasteiger partial charge in [0.25, 0.3) is 5.91 Å². The molecule has 0 saturated heterocycles. The second kappa shape index (κ2) is 8.90. The van der Waals surface area contributed by atoms with E-state index >= 15 is 0 Å². The maximum absolute atomic E-state index is 13.2. The van der Waals surface area contributed by atoms with Gasteiger partial charge in [-0.15, -0.1) is 0 Å². The molecule has 0 heterocycles. The van der Waals surface area contributed by atoms with E-state index in [1.54, 1.807) is 30.3 Å². The molecule has 1 amide bonds. The molecule has 2 aromatic rings. The van der Waals surface area contributed by atoms with Gasteiger partial charge in [-0.1, -0.05) is 69.5 Å². The fourth-order valence-electron chi connectivity index (χ4n) is 6.76. The van der Waals surface area contributed by atoms with Crippen LogP contribution in [0, 0.1) is 17.3 Å². The highest BCUT2D eigenvalue weighted by atomic mass is 79.9. The molecular formula is C26H26BrCl2NO3. The Bertz CT molecular complexity index is 1040. The summed E-state index contributed by atoms with van der Waals surface area (Å²) in [5.41, 5.74) is 1.05. The third-order valence-electron chi connectivity index (χ3n) is 7.35. The predicted octanol–water partition coefficient (Wildman–Crippen LogP) is 7.34. The first-order valence-electron chi connectivity index (χ1n) is 11.4. The highest BCUT2D eigenvalue weighted by molar-refractivity contribution is 9.10. The lowest BCUT2D eigenvalue weighted by Gasteiger charge is -2.60. The summed E-state index contributed by atoms with van der Waals surface area (Å²) in [4.78, 5) is 26.4. The van der Waals surface area contributed by atoms with Crippen LogP contribution in [-0.4, -0.2) is 16.2 Å². The smallest absolute Gasteiger partial charge is 0.307 e. The van der Waals surface area contributed by atoms with Crippen molar-refractivity contribution in [1.29, 1.82) is 0 Å². The van der Waals surface area contributed by atoms with Gasteiger partial charge in [0.2, 0.25) is 6.10 Å². The summed E-state index contributed by atoms with van der Waals surface area (Å²) in [6, 6.07) is 13.9. The number of benzene rings is 2. The molecule has 2 unspecified atom stereocenters. The van der Waals surface area contributed by atoms with Crippen molar-refractivity contribution in [2.75, 3.05) is 5.32 Å². The standard InChI is InChI=1S/C26H26BrCl2NO3/c27-26-12-16-6-17(13-26)11-25(10-16,15-26)14-22(31)33-23(18-4-2-1-3-5-18)24(32)30-21-8-19(28)7-20(29)9-21/h1-5,7-9,16-17,23H,6,10-15H2,(H,30,32)/t16-,17+,23-,25?,26?/m1/s1. The molecule has 33 heavy (non-hydrogen) atoms. The zero-order valence-electron chi connectivity index (χ0n) is 18.2. The van der Waals surface area contributed by atoms with Crippen molar-refractivity contribution in [3.05, 3.63) is 64.1 Å². The van der Waals surface area contributed by atoms with E-state index in [9.17, 15) is 9.59 Å². The molecule has 4 aliphatic rings. The van der Waals surface area contributed by atoms with Crippen LogP contribution >= 0.6 is 39.1 Å². The normalized spacial score (nSPS) is 30.6. The number of nitrogens with one attached hydrogen (secondary N) is 1. The Morgan fingerprint density at radius 3 is 2.27 bits per heavy atom. The molecule has 7 heteroatoms. The molecule has 0 radical (unpaired) electrons. The molecule has 5 atom stereocenters. The van der Waals surface area contributed by atoms with E-state index in [2.05, 4.69) is 21.2 Å². The molecule has 4 fully saturated rings. The summed E-state index contributed by atoms with van der Waals surface area (Å²) in [7, 11) is 0. The zero-order valence-corrected chi connectivity index (χ0v) is 21.3. The summed E-state index contributed by atoms with van der Waals surface area (Å²) >= 11 is 16.2. The average molecular weight is 551 g/mol. The van der Waals surface area contributed by atoms with Gasteiger partial charge in [0.15, 0.2) is 0 Å². The lowest BCUT2D eigenvalue weighted by molar-refractivity contribution is -0.160. The Kier molecular flexibility index (Phi) is 6.26. The molecule has 174 valence electrons. The lowest BCUT2D eigenvalue weighted by Crippen LogP contribution is -2.53. The number of rotatable bonds is 6. The van der Waals surface area contributed by atoms with Crippen LogP contribution in [0.4, 0.5) is 5.69 Å². The minimum absolute atomic E-state index is 0.0249. The van der Waals surface area contributed by atoms with Crippen molar-refractivity contribution in [2.24, 2.45) is 17.3 Å². The monoisotopic (exact) mass is 549 g/mol. The number of halogens is 3. The number of hydrogen-bond acceptors (Lipinski definition) is 3. The van der Waals surface area contributed by atoms with Crippen LogP contribution in [0.1, 0.15) is 56.6 Å². The number of anilines is 1. The van der Waals surface area contributed by atoms with Gasteiger partial charge in [0, 0.05) is 25.6 Å². The van der Waals surface area contributed by atoms with Crippen molar-refractivity contribution in [3.63, 3.8) is 0 Å². The third kappa shape index (κ3) is 5.11. The molecule has 0 aromatic heterocycles. The number of hydrogen-bond donors (Lipinski definition) is 1. The maximum Gasteiger partial charge on any atom is 0.307 e. The van der Waals surface area contributed by atoms with E-state index in [1.165, 1.54) is 19.3 Å². The number of esters is 1. The summed E-state index contributed by atoms with van der Waals surface area (Å²) in [5.74, 6) is 0.606. The molecule has 0 aliphatic heterocycles. The van der Waals surface area contributed by atoms with Crippen LogP contribution in [0.25, 0.3) is 0 Å². The number of alkyl halides is 1. The molecule has 0 spiro atoms. The van der Waals surface area contributed by atoms with E-state index in [-0.39, 0.29) is 15.7 Å². The number of amides is 1. The van der Waals surface area contributed by atoms with Crippen molar-refractivity contribution in [1.82, 2.24) is 0 Å². The molecule has 4 aliphatic carbocycles. The van der Waals surface area contributed by atoms with Crippen molar-refractivity contribution < 1.29 is 14.3 Å². The maximum atomic E-state index is 13.2. The van der Waals surface area contributed by atoms with Gasteiger partial charge in [-0.3, -0.25) is 9.59 Å². The highest BCUT2D eigenvalue weighted by Gasteiger charge is 2.57. The second-order valence-corrected chi connectivity index (χ2v) is 12.8. The third-order valence-corrected chi connectivity index (χ3v) is 8.71. The van der Waals surface area contributed by atoms with Gasteiger partial charge in [-0.25, -0.2) is 0 Å². The van der Waals surface area contributed by atoms with Crippen LogP contribution in [0.5, 0.6) is 0 Å². The van der Waals surface area contributed by atoms with Crippen LogP contribution in [-0.2, 0) is 14.3 Å². The van der Waals surface area contributed by atoms with Gasteiger partial charge in [0.05, 0.1) is 6.42 Å². The number of ether oxygens (including phenoxy) is 1. The first-order chi connectivity index (χ1) is 15.7. The quantitative estimate of drug-likeness (QED) is 0.302. The average Bonchev–Trinajstić information content (AvgIpc) is 2.69. The minimum atomic E-state index is -1.05. The summed E-state index contributed by atoms with van der Waals surface area (Å²) in [6.07, 6.45) is 6.15. The van der Waals surface area contributed by atoms with Gasteiger partial charge >= 0.3 is 5.97 Å². The Balaban J connectivity index is 1.33. The van der Waals surface area contributed by atoms with E-state index in [1.807, 2.05) is 18.2 Å². The van der Waals surface area contributed by atoms with Gasteiger partial charge < -0.3 is 10.1 Å². The molecule has 2 aromatic carbocycles. The van der Waals surface area contributed by atoms with Crippen molar-refractivity contribution >= 4 is 56.7 Å². The number of carbonyl (C=O) groups is 2. The van der Waals surface area contributed by atoms with E-state index in [4.69, 9.17) is 27.9 Å². The topological polar surface area (TPSA) is 55.4 Å². The Hall–Kier alpha value is -1.56. The molecule has 4 nitrogen and oxygen atoms in total. The van der Waals surface area contributed by atoms with E-state index < -0.39 is 12.0 Å². The van der Waals surface area contributed by atoms with Crippen LogP contribution in [0.2, 0.25) is 10.0 Å². The second-order valence-electron chi connectivity index (χ2n) is 10.2. The van der Waals surface area contributed by atoms with Crippen molar-refractivity contribution in [2.45, 2.75) is 55.4 Å². The van der Waals surface area contributed by atoms with Crippen LogP contribution < -0.4 is 5.32 Å². The first-order valence-corrected chi connectivity index (χ1v) is 13.0. The lowest BCUT2D eigenvalue weighted by atomic mass is 9.49.